The second-order valence-electron chi connectivity index (χ2n) is 1.98. The molecule has 1 nitrogen and oxygen atoms in total. The first-order chi connectivity index (χ1) is 4.34. The molecule has 9 heavy (non-hydrogen) atoms. The zero-order valence-corrected chi connectivity index (χ0v) is 5.50. The van der Waals surface area contributed by atoms with Gasteiger partial charge in [-0.1, -0.05) is 30.9 Å². The monoisotopic (exact) mass is 122 g/mol. The Balaban J connectivity index is 2.66. The van der Waals surface area contributed by atoms with Gasteiger partial charge in [-0.15, -0.1) is 0 Å². The fourth-order valence-corrected chi connectivity index (χ4v) is 0.793. The lowest BCUT2D eigenvalue weighted by molar-refractivity contribution is 0.171. The van der Waals surface area contributed by atoms with E-state index in [1.807, 2.05) is 24.3 Å². The summed E-state index contributed by atoms with van der Waals surface area (Å²) in [4.78, 5) is 0. The van der Waals surface area contributed by atoms with Gasteiger partial charge in [-0.05, 0) is 5.57 Å². The third-order valence-electron chi connectivity index (χ3n) is 1.33. The van der Waals surface area contributed by atoms with E-state index in [0.717, 1.165) is 5.57 Å². The summed E-state index contributed by atoms with van der Waals surface area (Å²) in [5, 5.41) is 0. The highest BCUT2D eigenvalue weighted by molar-refractivity contribution is 5.32. The largest absolute Gasteiger partial charge is 0.373 e. The van der Waals surface area contributed by atoms with Gasteiger partial charge in [0.05, 0.1) is 6.10 Å². The molecule has 0 heterocycles. The van der Waals surface area contributed by atoms with Gasteiger partial charge in [0.25, 0.3) is 0 Å². The Labute approximate surface area is 55.3 Å². The van der Waals surface area contributed by atoms with E-state index in [0.29, 0.717) is 0 Å². The maximum absolute atomic E-state index is 5.07. The summed E-state index contributed by atoms with van der Waals surface area (Å²) in [6, 6.07) is 0. The lowest BCUT2D eigenvalue weighted by Gasteiger charge is -2.12. The molecule has 48 valence electrons. The highest BCUT2D eigenvalue weighted by Crippen LogP contribution is 2.10. The molecule has 0 amide bonds. The maximum Gasteiger partial charge on any atom is 0.1000 e. The lowest BCUT2D eigenvalue weighted by Crippen LogP contribution is -2.09. The third kappa shape index (κ3) is 1.30. The molecular formula is C8H10O. The molecule has 0 bridgehead atoms. The van der Waals surface area contributed by atoms with E-state index in [9.17, 15) is 0 Å². The normalized spacial score (nSPS) is 25.0. The smallest absolute Gasteiger partial charge is 0.1000 e. The molecule has 1 aliphatic carbocycles. The molecule has 1 unspecified atom stereocenters. The summed E-state index contributed by atoms with van der Waals surface area (Å²) in [5.74, 6) is 0. The number of hydrogen-bond acceptors (Lipinski definition) is 1. The van der Waals surface area contributed by atoms with Crippen LogP contribution in [0.3, 0.4) is 0 Å². The van der Waals surface area contributed by atoms with E-state index in [1.165, 1.54) is 0 Å². The second-order valence-corrected chi connectivity index (χ2v) is 1.98. The van der Waals surface area contributed by atoms with E-state index in [-0.39, 0.29) is 6.10 Å². The van der Waals surface area contributed by atoms with E-state index in [4.69, 9.17) is 4.74 Å². The molecule has 1 atom stereocenters. The molecule has 1 heteroatoms. The zero-order valence-electron chi connectivity index (χ0n) is 5.50. The summed E-state index contributed by atoms with van der Waals surface area (Å²) in [6.45, 7) is 3.80. The van der Waals surface area contributed by atoms with Crippen molar-refractivity contribution in [3.05, 3.63) is 36.5 Å². The molecule has 0 spiro atoms. The Morgan fingerprint density at radius 2 is 2.33 bits per heavy atom. The van der Waals surface area contributed by atoms with Gasteiger partial charge < -0.3 is 4.74 Å². The predicted molar refractivity (Wildman–Crippen MR) is 38.2 cm³/mol. The van der Waals surface area contributed by atoms with Crippen molar-refractivity contribution in [3.63, 3.8) is 0 Å². The molecular weight excluding hydrogens is 112 g/mol. The van der Waals surface area contributed by atoms with E-state index >= 15 is 0 Å². The van der Waals surface area contributed by atoms with Crippen molar-refractivity contribution in [3.8, 4) is 0 Å². The molecule has 0 aromatic carbocycles. The maximum atomic E-state index is 5.07. The molecule has 1 aliphatic rings. The number of allylic oxidation sites excluding steroid dienone is 2. The Kier molecular flexibility index (Phi) is 1.85. The molecule has 0 radical (unpaired) electrons. The topological polar surface area (TPSA) is 9.23 Å². The van der Waals surface area contributed by atoms with E-state index < -0.39 is 0 Å². The summed E-state index contributed by atoms with van der Waals surface area (Å²) >= 11 is 0. The quantitative estimate of drug-likeness (QED) is 0.514. The number of methoxy groups -OCH3 is 1. The van der Waals surface area contributed by atoms with E-state index in [2.05, 4.69) is 6.58 Å². The Hall–Kier alpha value is -0.820. The molecule has 0 aromatic rings. The number of rotatable bonds is 1. The van der Waals surface area contributed by atoms with Crippen LogP contribution in [0.5, 0.6) is 0 Å². The van der Waals surface area contributed by atoms with Crippen LogP contribution in [0.4, 0.5) is 0 Å². The van der Waals surface area contributed by atoms with Crippen LogP contribution in [0.15, 0.2) is 36.5 Å². The van der Waals surface area contributed by atoms with Crippen LogP contribution in [0, 0.1) is 0 Å². The first-order valence-electron chi connectivity index (χ1n) is 2.91. The fraction of sp³-hybridized carbons (Fsp3) is 0.250. The van der Waals surface area contributed by atoms with Crippen LogP contribution in [0.25, 0.3) is 0 Å². The van der Waals surface area contributed by atoms with Crippen LogP contribution >= 0.6 is 0 Å². The summed E-state index contributed by atoms with van der Waals surface area (Å²) < 4.78 is 5.07. The number of hydrogen-bond donors (Lipinski definition) is 0. The Morgan fingerprint density at radius 1 is 1.56 bits per heavy atom. The van der Waals surface area contributed by atoms with Crippen LogP contribution in [-0.2, 0) is 4.74 Å². The predicted octanol–water partition coefficient (Wildman–Crippen LogP) is 1.68. The molecule has 0 saturated heterocycles. The molecule has 0 fully saturated rings. The van der Waals surface area contributed by atoms with Gasteiger partial charge in [0.1, 0.15) is 0 Å². The van der Waals surface area contributed by atoms with Gasteiger partial charge in [0.2, 0.25) is 0 Å². The third-order valence-corrected chi connectivity index (χ3v) is 1.33. The highest BCUT2D eigenvalue weighted by Gasteiger charge is 2.05. The minimum absolute atomic E-state index is 0.0926. The number of ether oxygens (including phenoxy) is 1. The summed E-state index contributed by atoms with van der Waals surface area (Å²) in [5.41, 5.74) is 1.01. The molecule has 0 aromatic heterocycles. The van der Waals surface area contributed by atoms with Gasteiger partial charge in [0.15, 0.2) is 0 Å². The van der Waals surface area contributed by atoms with Crippen LogP contribution in [0.2, 0.25) is 0 Å². The van der Waals surface area contributed by atoms with Gasteiger partial charge >= 0.3 is 0 Å². The van der Waals surface area contributed by atoms with Gasteiger partial charge in [-0.2, -0.15) is 0 Å². The van der Waals surface area contributed by atoms with Crippen molar-refractivity contribution in [2.75, 3.05) is 7.11 Å². The van der Waals surface area contributed by atoms with E-state index in [1.54, 1.807) is 7.11 Å². The highest BCUT2D eigenvalue weighted by atomic mass is 16.5. The average Bonchev–Trinajstić information content (AvgIpc) is 1.89. The fourth-order valence-electron chi connectivity index (χ4n) is 0.793. The first kappa shape index (κ1) is 6.30. The van der Waals surface area contributed by atoms with Crippen LogP contribution in [-0.4, -0.2) is 13.2 Å². The van der Waals surface area contributed by atoms with Gasteiger partial charge in [-0.3, -0.25) is 0 Å². The molecule has 1 rings (SSSR count). The van der Waals surface area contributed by atoms with Crippen molar-refractivity contribution < 1.29 is 4.74 Å². The average molecular weight is 122 g/mol. The summed E-state index contributed by atoms with van der Waals surface area (Å²) in [7, 11) is 1.68. The van der Waals surface area contributed by atoms with Crippen molar-refractivity contribution in [2.24, 2.45) is 0 Å². The van der Waals surface area contributed by atoms with Gasteiger partial charge in [0, 0.05) is 7.11 Å². The summed E-state index contributed by atoms with van der Waals surface area (Å²) in [6.07, 6.45) is 7.94. The molecule has 0 N–H and O–H groups in total. The first-order valence-corrected chi connectivity index (χ1v) is 2.91. The van der Waals surface area contributed by atoms with Crippen LogP contribution < -0.4 is 0 Å². The minimum atomic E-state index is 0.0926. The van der Waals surface area contributed by atoms with Gasteiger partial charge in [-0.25, -0.2) is 0 Å². The Bertz CT molecular complexity index is 165. The lowest BCUT2D eigenvalue weighted by atomic mass is 10.1. The molecule has 0 aliphatic heterocycles. The standard InChI is InChI=1S/C8H10O/c1-7-5-3-4-6-8(7)9-2/h3-6,8H,1H2,2H3. The van der Waals surface area contributed by atoms with Crippen molar-refractivity contribution >= 4 is 0 Å². The minimum Gasteiger partial charge on any atom is -0.373 e. The van der Waals surface area contributed by atoms with Crippen molar-refractivity contribution in [1.29, 1.82) is 0 Å². The van der Waals surface area contributed by atoms with Crippen LogP contribution in [0.1, 0.15) is 0 Å². The van der Waals surface area contributed by atoms with Crippen molar-refractivity contribution in [1.82, 2.24) is 0 Å². The Morgan fingerprint density at radius 3 is 2.78 bits per heavy atom. The SMILES string of the molecule is C=C1C=CC=CC1OC. The van der Waals surface area contributed by atoms with Crippen molar-refractivity contribution in [2.45, 2.75) is 6.10 Å². The zero-order chi connectivity index (χ0) is 6.69. The molecule has 0 saturated carbocycles. The second kappa shape index (κ2) is 2.65.